The number of carbonyl (C=O) groups excluding carboxylic acids is 1. The largest absolute Gasteiger partial charge is 0.492 e. The minimum atomic E-state index is -0.377. The number of ether oxygens (including phenoxy) is 1. The van der Waals surface area contributed by atoms with Crippen LogP contribution in [0.3, 0.4) is 0 Å². The van der Waals surface area contributed by atoms with E-state index in [1.165, 1.54) is 24.3 Å². The summed E-state index contributed by atoms with van der Waals surface area (Å²) in [6, 6.07) is 8.60. The van der Waals surface area contributed by atoms with E-state index in [9.17, 15) is 9.18 Å². The average Bonchev–Trinajstić information content (AvgIpc) is 2.42. The van der Waals surface area contributed by atoms with Gasteiger partial charge < -0.3 is 10.1 Å². The summed E-state index contributed by atoms with van der Waals surface area (Å²) in [6.07, 6.45) is 0. The van der Waals surface area contributed by atoms with Crippen molar-refractivity contribution >= 4 is 29.1 Å². The molecule has 1 amide bonds. The molecule has 0 aliphatic carbocycles. The van der Waals surface area contributed by atoms with Gasteiger partial charge in [-0.3, -0.25) is 4.79 Å². The second-order valence-electron chi connectivity index (χ2n) is 4.06. The summed E-state index contributed by atoms with van der Waals surface area (Å²) in [5.41, 5.74) is 0.311. The lowest BCUT2D eigenvalue weighted by atomic mass is 10.2. The fraction of sp³-hybridized carbons (Fsp3) is 0.143. The number of benzene rings is 1. The normalized spacial score (nSPS) is 10.2. The molecule has 2 aromatic rings. The van der Waals surface area contributed by atoms with E-state index in [0.29, 0.717) is 11.3 Å². The van der Waals surface area contributed by atoms with Gasteiger partial charge in [0.25, 0.3) is 5.91 Å². The summed E-state index contributed by atoms with van der Waals surface area (Å²) >= 11 is 11.4. The summed E-state index contributed by atoms with van der Waals surface area (Å²) in [6.45, 7) is 0.467. The molecule has 0 aliphatic rings. The highest BCUT2D eigenvalue weighted by molar-refractivity contribution is 6.33. The number of hydrogen-bond donors (Lipinski definition) is 1. The highest BCUT2D eigenvalue weighted by atomic mass is 35.5. The zero-order valence-corrected chi connectivity index (χ0v) is 12.3. The molecule has 0 saturated carbocycles. The zero-order valence-electron chi connectivity index (χ0n) is 10.8. The van der Waals surface area contributed by atoms with Gasteiger partial charge in [0.15, 0.2) is 0 Å². The molecule has 0 spiro atoms. The first-order valence-electron chi connectivity index (χ1n) is 6.04. The van der Waals surface area contributed by atoms with Crippen LogP contribution in [0.4, 0.5) is 4.39 Å². The summed E-state index contributed by atoms with van der Waals surface area (Å²) in [5.74, 6) is -0.319. The Morgan fingerprint density at radius 2 is 1.95 bits per heavy atom. The Kier molecular flexibility index (Phi) is 5.36. The van der Waals surface area contributed by atoms with Gasteiger partial charge in [-0.1, -0.05) is 29.3 Å². The number of aromatic nitrogens is 1. The number of nitrogens with zero attached hydrogens (tertiary/aromatic N) is 1. The van der Waals surface area contributed by atoms with E-state index < -0.39 is 0 Å². The molecule has 21 heavy (non-hydrogen) atoms. The van der Waals surface area contributed by atoms with Crippen molar-refractivity contribution in [3.05, 3.63) is 58.1 Å². The van der Waals surface area contributed by atoms with Crippen LogP contribution in [0.15, 0.2) is 36.4 Å². The van der Waals surface area contributed by atoms with Crippen molar-refractivity contribution < 1.29 is 13.9 Å². The monoisotopic (exact) mass is 328 g/mol. The van der Waals surface area contributed by atoms with Gasteiger partial charge in [-0.05, 0) is 24.3 Å². The fourth-order valence-corrected chi connectivity index (χ4v) is 2.05. The van der Waals surface area contributed by atoms with Crippen molar-refractivity contribution in [1.82, 2.24) is 10.3 Å². The van der Waals surface area contributed by atoms with E-state index in [2.05, 4.69) is 10.3 Å². The number of halogens is 3. The van der Waals surface area contributed by atoms with Crippen LogP contribution < -0.4 is 10.1 Å². The smallest absolute Gasteiger partial charge is 0.251 e. The molecule has 0 aliphatic heterocycles. The minimum absolute atomic E-state index is 0.142. The first-order chi connectivity index (χ1) is 10.0. The minimum Gasteiger partial charge on any atom is -0.492 e. The topological polar surface area (TPSA) is 51.2 Å². The molecule has 1 aromatic heterocycles. The molecule has 0 atom stereocenters. The zero-order chi connectivity index (χ0) is 15.2. The molecule has 0 radical (unpaired) electrons. The van der Waals surface area contributed by atoms with Gasteiger partial charge in [0, 0.05) is 11.6 Å². The summed E-state index contributed by atoms with van der Waals surface area (Å²) in [5, 5.41) is 2.92. The fourth-order valence-electron chi connectivity index (χ4n) is 1.59. The van der Waals surface area contributed by atoms with E-state index >= 15 is 0 Å². The lowest BCUT2D eigenvalue weighted by Gasteiger charge is -2.08. The summed E-state index contributed by atoms with van der Waals surface area (Å²) < 4.78 is 18.2. The predicted octanol–water partition coefficient (Wildman–Crippen LogP) is 3.34. The maximum absolute atomic E-state index is 12.9. The maximum atomic E-state index is 12.9. The van der Waals surface area contributed by atoms with E-state index in [-0.39, 0.29) is 35.2 Å². The molecule has 1 heterocycles. The maximum Gasteiger partial charge on any atom is 0.251 e. The van der Waals surface area contributed by atoms with Crippen LogP contribution in [0.1, 0.15) is 10.4 Å². The van der Waals surface area contributed by atoms with Crippen molar-refractivity contribution in [3.63, 3.8) is 0 Å². The van der Waals surface area contributed by atoms with Gasteiger partial charge in [-0.25, -0.2) is 9.37 Å². The van der Waals surface area contributed by atoms with Crippen LogP contribution >= 0.6 is 23.2 Å². The van der Waals surface area contributed by atoms with Crippen LogP contribution in [0, 0.1) is 5.82 Å². The molecule has 1 N–H and O–H groups in total. The van der Waals surface area contributed by atoms with E-state index in [4.69, 9.17) is 27.9 Å². The molecular weight excluding hydrogens is 318 g/mol. The molecule has 0 saturated heterocycles. The quantitative estimate of drug-likeness (QED) is 0.676. The molecule has 4 nitrogen and oxygen atoms in total. The highest BCUT2D eigenvalue weighted by Gasteiger charge is 2.08. The third-order valence-electron chi connectivity index (χ3n) is 2.48. The third kappa shape index (κ3) is 4.88. The van der Waals surface area contributed by atoms with Gasteiger partial charge in [-0.2, -0.15) is 0 Å². The van der Waals surface area contributed by atoms with Crippen LogP contribution in [0.2, 0.25) is 10.3 Å². The Morgan fingerprint density at radius 1 is 1.24 bits per heavy atom. The standard InChI is InChI=1S/C14H11Cl2FN2O2/c15-12-6-9(7-13(16)19-12)14(20)18-4-5-21-11-3-1-2-10(17)8-11/h1-3,6-8H,4-5H2,(H,18,20). The summed E-state index contributed by atoms with van der Waals surface area (Å²) in [4.78, 5) is 15.6. The van der Waals surface area contributed by atoms with Gasteiger partial charge in [0.05, 0.1) is 6.54 Å². The molecule has 0 fully saturated rings. The molecule has 0 unspecified atom stereocenters. The van der Waals surface area contributed by atoms with Crippen molar-refractivity contribution in [2.45, 2.75) is 0 Å². The molecule has 110 valence electrons. The molecular formula is C14H11Cl2FN2O2. The van der Waals surface area contributed by atoms with Gasteiger partial charge >= 0.3 is 0 Å². The SMILES string of the molecule is O=C(NCCOc1cccc(F)c1)c1cc(Cl)nc(Cl)c1. The third-order valence-corrected chi connectivity index (χ3v) is 2.86. The Morgan fingerprint density at radius 3 is 2.62 bits per heavy atom. The first-order valence-corrected chi connectivity index (χ1v) is 6.80. The number of carbonyl (C=O) groups is 1. The Labute approximate surface area is 130 Å². The van der Waals surface area contributed by atoms with E-state index in [1.807, 2.05) is 0 Å². The van der Waals surface area contributed by atoms with Gasteiger partial charge in [-0.15, -0.1) is 0 Å². The van der Waals surface area contributed by atoms with Crippen molar-refractivity contribution in [1.29, 1.82) is 0 Å². The Hall–Kier alpha value is -1.85. The first kappa shape index (κ1) is 15.5. The van der Waals surface area contributed by atoms with Crippen molar-refractivity contribution in [2.75, 3.05) is 13.2 Å². The molecule has 2 rings (SSSR count). The van der Waals surface area contributed by atoms with E-state index in [0.717, 1.165) is 0 Å². The summed E-state index contributed by atoms with van der Waals surface area (Å²) in [7, 11) is 0. The molecule has 0 bridgehead atoms. The van der Waals surface area contributed by atoms with Crippen LogP contribution in [0.25, 0.3) is 0 Å². The van der Waals surface area contributed by atoms with Gasteiger partial charge in [0.2, 0.25) is 0 Å². The van der Waals surface area contributed by atoms with Gasteiger partial charge in [0.1, 0.15) is 28.5 Å². The lowest BCUT2D eigenvalue weighted by Crippen LogP contribution is -2.28. The second-order valence-corrected chi connectivity index (χ2v) is 4.84. The number of amides is 1. The molecule has 1 aromatic carbocycles. The number of rotatable bonds is 5. The average molecular weight is 329 g/mol. The van der Waals surface area contributed by atoms with Crippen molar-refractivity contribution in [2.24, 2.45) is 0 Å². The highest BCUT2D eigenvalue weighted by Crippen LogP contribution is 2.14. The van der Waals surface area contributed by atoms with Crippen LogP contribution in [-0.2, 0) is 0 Å². The van der Waals surface area contributed by atoms with Crippen LogP contribution in [0.5, 0.6) is 5.75 Å². The Balaban J connectivity index is 1.82. The predicted molar refractivity (Wildman–Crippen MR) is 78.5 cm³/mol. The van der Waals surface area contributed by atoms with Crippen molar-refractivity contribution in [3.8, 4) is 5.75 Å². The van der Waals surface area contributed by atoms with E-state index in [1.54, 1.807) is 12.1 Å². The molecule has 7 heteroatoms. The second kappa shape index (κ2) is 7.24. The number of pyridine rings is 1. The Bertz CT molecular complexity index is 632. The number of hydrogen-bond acceptors (Lipinski definition) is 3. The lowest BCUT2D eigenvalue weighted by molar-refractivity contribution is 0.0947. The number of nitrogens with one attached hydrogen (secondary N) is 1. The van der Waals surface area contributed by atoms with Crippen LogP contribution in [-0.4, -0.2) is 24.0 Å².